The summed E-state index contributed by atoms with van der Waals surface area (Å²) < 4.78 is 1.61. The van der Waals surface area contributed by atoms with Crippen molar-refractivity contribution in [2.24, 2.45) is 12.8 Å². The van der Waals surface area contributed by atoms with E-state index in [9.17, 15) is 9.59 Å². The van der Waals surface area contributed by atoms with E-state index in [2.05, 4.69) is 15.4 Å². The Hall–Kier alpha value is -2.93. The first-order valence-corrected chi connectivity index (χ1v) is 7.75. The molecule has 4 N–H and O–H groups in total. The van der Waals surface area contributed by atoms with Gasteiger partial charge in [-0.05, 0) is 42.2 Å². The van der Waals surface area contributed by atoms with E-state index in [0.717, 1.165) is 18.4 Å². The number of amides is 1. The molecule has 2 aromatic heterocycles. The van der Waals surface area contributed by atoms with Gasteiger partial charge in [-0.3, -0.25) is 14.3 Å². The first kappa shape index (κ1) is 14.6. The summed E-state index contributed by atoms with van der Waals surface area (Å²) in [5, 5.41) is 6.86. The molecule has 1 unspecified atom stereocenters. The Kier molecular flexibility index (Phi) is 3.24. The van der Waals surface area contributed by atoms with Gasteiger partial charge in [-0.15, -0.1) is 0 Å². The summed E-state index contributed by atoms with van der Waals surface area (Å²) in [7, 11) is 1.76. The minimum absolute atomic E-state index is 0.0586. The van der Waals surface area contributed by atoms with E-state index in [1.807, 2.05) is 18.2 Å². The second-order valence-corrected chi connectivity index (χ2v) is 6.19. The molecule has 4 rings (SSSR count). The molecule has 0 saturated carbocycles. The van der Waals surface area contributed by atoms with Crippen molar-refractivity contribution in [1.82, 2.24) is 14.8 Å². The number of nitrogens with two attached hydrogens (primary N) is 1. The van der Waals surface area contributed by atoms with Gasteiger partial charge in [0.2, 0.25) is 0 Å². The first-order chi connectivity index (χ1) is 11.5. The van der Waals surface area contributed by atoms with E-state index in [0.29, 0.717) is 16.7 Å². The van der Waals surface area contributed by atoms with Crippen LogP contribution in [0, 0.1) is 0 Å². The molecule has 3 aromatic rings. The average Bonchev–Trinajstić information content (AvgIpc) is 3.08. The summed E-state index contributed by atoms with van der Waals surface area (Å²) in [5.74, 6) is -0.443. The average molecular weight is 323 g/mol. The van der Waals surface area contributed by atoms with Gasteiger partial charge in [0.25, 0.3) is 11.5 Å². The number of benzene rings is 1. The van der Waals surface area contributed by atoms with Crippen LogP contribution in [0.25, 0.3) is 11.0 Å². The summed E-state index contributed by atoms with van der Waals surface area (Å²) >= 11 is 0. The van der Waals surface area contributed by atoms with Crippen molar-refractivity contribution in [3.05, 3.63) is 57.5 Å². The molecule has 7 nitrogen and oxygen atoms in total. The smallest absolute Gasteiger partial charge is 0.261 e. The second kappa shape index (κ2) is 5.31. The lowest BCUT2D eigenvalue weighted by Crippen LogP contribution is -2.23. The molecule has 1 amide bonds. The van der Waals surface area contributed by atoms with Crippen LogP contribution in [0.3, 0.4) is 0 Å². The number of H-pyrrole nitrogens is 1. The Morgan fingerprint density at radius 3 is 2.96 bits per heavy atom. The lowest BCUT2D eigenvalue weighted by atomic mass is 10.1. The van der Waals surface area contributed by atoms with Gasteiger partial charge in [-0.2, -0.15) is 5.10 Å². The molecule has 1 atom stereocenters. The molecular weight excluding hydrogens is 306 g/mol. The largest absolute Gasteiger partial charge is 0.327 e. The summed E-state index contributed by atoms with van der Waals surface area (Å²) in [4.78, 5) is 27.3. The van der Waals surface area contributed by atoms with Crippen LogP contribution in [-0.2, 0) is 19.9 Å². The lowest BCUT2D eigenvalue weighted by Gasteiger charge is -2.07. The third-order valence-corrected chi connectivity index (χ3v) is 4.43. The number of aromatic nitrogens is 3. The molecule has 2 heterocycles. The molecule has 0 fully saturated rings. The number of carbonyl (C=O) groups excluding carboxylic acids is 1. The number of nitrogens with one attached hydrogen (secondary N) is 2. The minimum Gasteiger partial charge on any atom is -0.327 e. The maximum absolute atomic E-state index is 12.5. The van der Waals surface area contributed by atoms with Crippen LogP contribution in [0.1, 0.15) is 21.5 Å². The van der Waals surface area contributed by atoms with Crippen LogP contribution in [0.2, 0.25) is 0 Å². The predicted molar refractivity (Wildman–Crippen MR) is 91.1 cm³/mol. The summed E-state index contributed by atoms with van der Waals surface area (Å²) in [6.45, 7) is 0. The minimum atomic E-state index is -0.443. The highest BCUT2D eigenvalue weighted by molar-refractivity contribution is 6.05. The van der Waals surface area contributed by atoms with Crippen LogP contribution >= 0.6 is 0 Å². The zero-order valence-corrected chi connectivity index (χ0v) is 13.2. The van der Waals surface area contributed by atoms with E-state index in [1.165, 1.54) is 5.56 Å². The van der Waals surface area contributed by atoms with Gasteiger partial charge in [0.05, 0.1) is 17.2 Å². The number of fused-ring (bicyclic) bond motifs is 2. The predicted octanol–water partition coefficient (Wildman–Crippen LogP) is 0.940. The van der Waals surface area contributed by atoms with E-state index in [1.54, 1.807) is 24.0 Å². The number of nitrogens with zero attached hydrogens (tertiary/aromatic N) is 2. The molecule has 122 valence electrons. The van der Waals surface area contributed by atoms with Gasteiger partial charge < -0.3 is 16.0 Å². The van der Waals surface area contributed by atoms with Crippen LogP contribution in [0.4, 0.5) is 5.69 Å². The Labute approximate surface area is 137 Å². The van der Waals surface area contributed by atoms with E-state index >= 15 is 0 Å². The number of pyridine rings is 1. The maximum Gasteiger partial charge on any atom is 0.261 e. The van der Waals surface area contributed by atoms with Gasteiger partial charge in [0.1, 0.15) is 5.56 Å². The van der Waals surface area contributed by atoms with Gasteiger partial charge in [0, 0.05) is 18.8 Å². The summed E-state index contributed by atoms with van der Waals surface area (Å²) in [6.07, 6.45) is 3.23. The van der Waals surface area contributed by atoms with Crippen molar-refractivity contribution in [2.45, 2.75) is 18.9 Å². The third kappa shape index (κ3) is 2.39. The fourth-order valence-corrected chi connectivity index (χ4v) is 3.20. The maximum atomic E-state index is 12.5. The fraction of sp³-hybridized carbons (Fsp3) is 0.235. The lowest BCUT2D eigenvalue weighted by molar-refractivity contribution is 0.102. The van der Waals surface area contributed by atoms with E-state index < -0.39 is 11.5 Å². The normalized spacial score (nSPS) is 16.3. The molecule has 0 aliphatic heterocycles. The van der Waals surface area contributed by atoms with Crippen LogP contribution in [0.15, 0.2) is 35.3 Å². The number of hydrogen-bond donors (Lipinski definition) is 3. The third-order valence-electron chi connectivity index (χ3n) is 4.43. The Morgan fingerprint density at radius 2 is 2.12 bits per heavy atom. The standard InChI is InChI=1S/C17H17N5O2/c1-22-15-7-13(17(24)21-14(15)8-19-22)16(23)20-12-3-2-9-4-11(18)5-10(9)6-12/h2-3,6-8,11H,4-5,18H2,1H3,(H,20,23)(H,21,24). The molecule has 0 saturated heterocycles. The quantitative estimate of drug-likeness (QED) is 0.652. The fourth-order valence-electron chi connectivity index (χ4n) is 3.20. The molecule has 24 heavy (non-hydrogen) atoms. The van der Waals surface area contributed by atoms with Crippen molar-refractivity contribution in [1.29, 1.82) is 0 Å². The number of carbonyl (C=O) groups is 1. The van der Waals surface area contributed by atoms with E-state index in [-0.39, 0.29) is 11.6 Å². The van der Waals surface area contributed by atoms with Crippen LogP contribution in [-0.4, -0.2) is 26.7 Å². The van der Waals surface area contributed by atoms with Crippen molar-refractivity contribution >= 4 is 22.6 Å². The molecule has 0 spiro atoms. The van der Waals surface area contributed by atoms with Crippen molar-refractivity contribution < 1.29 is 4.79 Å². The first-order valence-electron chi connectivity index (χ1n) is 7.75. The molecule has 0 radical (unpaired) electrons. The molecule has 7 heteroatoms. The molecule has 0 bridgehead atoms. The van der Waals surface area contributed by atoms with Gasteiger partial charge >= 0.3 is 0 Å². The van der Waals surface area contributed by atoms with Crippen molar-refractivity contribution in [2.75, 3.05) is 5.32 Å². The molecule has 1 aliphatic rings. The zero-order valence-electron chi connectivity index (χ0n) is 13.2. The number of rotatable bonds is 2. The number of aryl methyl sites for hydroxylation is 1. The van der Waals surface area contributed by atoms with Gasteiger partial charge in [-0.25, -0.2) is 0 Å². The number of aromatic amines is 1. The number of hydrogen-bond acceptors (Lipinski definition) is 4. The SMILES string of the molecule is Cn1ncc2[nH]c(=O)c(C(=O)Nc3ccc4c(c3)CC(N)C4)cc21. The molecular formula is C17H17N5O2. The van der Waals surface area contributed by atoms with Crippen LogP contribution < -0.4 is 16.6 Å². The summed E-state index contributed by atoms with van der Waals surface area (Å²) in [6, 6.07) is 7.44. The van der Waals surface area contributed by atoms with Crippen molar-refractivity contribution in [3.8, 4) is 0 Å². The van der Waals surface area contributed by atoms with Crippen molar-refractivity contribution in [3.63, 3.8) is 0 Å². The number of anilines is 1. The Balaban J connectivity index is 1.65. The second-order valence-electron chi connectivity index (χ2n) is 6.19. The highest BCUT2D eigenvalue weighted by Gasteiger charge is 2.19. The highest BCUT2D eigenvalue weighted by atomic mass is 16.2. The topological polar surface area (TPSA) is 106 Å². The van der Waals surface area contributed by atoms with Gasteiger partial charge in [0.15, 0.2) is 0 Å². The molecule has 1 aromatic carbocycles. The Bertz CT molecular complexity index is 1020. The van der Waals surface area contributed by atoms with Crippen LogP contribution in [0.5, 0.6) is 0 Å². The van der Waals surface area contributed by atoms with Gasteiger partial charge in [-0.1, -0.05) is 6.07 Å². The monoisotopic (exact) mass is 323 g/mol. The highest BCUT2D eigenvalue weighted by Crippen LogP contribution is 2.24. The summed E-state index contributed by atoms with van der Waals surface area (Å²) in [5.41, 5.74) is 9.91. The zero-order chi connectivity index (χ0) is 16.8. The Morgan fingerprint density at radius 1 is 1.33 bits per heavy atom. The molecule has 1 aliphatic carbocycles. The van der Waals surface area contributed by atoms with E-state index in [4.69, 9.17) is 5.73 Å².